The lowest BCUT2D eigenvalue weighted by molar-refractivity contribution is -0.105. The van der Waals surface area contributed by atoms with E-state index in [4.69, 9.17) is 5.10 Å². The van der Waals surface area contributed by atoms with Crippen LogP contribution in [0.4, 0.5) is 10.2 Å². The summed E-state index contributed by atoms with van der Waals surface area (Å²) in [5, 5.41) is 7.39. The Hall–Kier alpha value is -3.48. The fourth-order valence-corrected chi connectivity index (χ4v) is 3.59. The van der Waals surface area contributed by atoms with E-state index < -0.39 is 0 Å². The first-order chi connectivity index (χ1) is 13.5. The summed E-state index contributed by atoms with van der Waals surface area (Å²) in [6.07, 6.45) is 4.18. The molecule has 3 heterocycles. The Bertz CT molecular complexity index is 1160. The zero-order valence-electron chi connectivity index (χ0n) is 15.8. The van der Waals surface area contributed by atoms with E-state index in [9.17, 15) is 9.18 Å². The number of pyridine rings is 1. The largest absolute Gasteiger partial charge is 0.313 e. The van der Waals surface area contributed by atoms with Crippen molar-refractivity contribution < 1.29 is 9.18 Å². The molecular formula is C21H20FN5O. The summed E-state index contributed by atoms with van der Waals surface area (Å²) in [6, 6.07) is 10.2. The highest BCUT2D eigenvalue weighted by atomic mass is 19.1. The number of aryl methyl sites for hydroxylation is 1. The molecule has 28 heavy (non-hydrogen) atoms. The second kappa shape index (κ2) is 6.92. The average molecular weight is 377 g/mol. The van der Waals surface area contributed by atoms with Gasteiger partial charge in [0.15, 0.2) is 0 Å². The molecule has 0 aliphatic rings. The molecule has 1 aromatic carbocycles. The smallest absolute Gasteiger partial charge is 0.212 e. The number of nitrogens with one attached hydrogen (secondary N) is 1. The summed E-state index contributed by atoms with van der Waals surface area (Å²) >= 11 is 0. The second-order valence-corrected chi connectivity index (χ2v) is 6.95. The topological polar surface area (TPSA) is 64.2 Å². The molecule has 1 N–H and O–H groups in total. The minimum Gasteiger partial charge on any atom is -0.313 e. The predicted molar refractivity (Wildman–Crippen MR) is 107 cm³/mol. The monoisotopic (exact) mass is 377 g/mol. The minimum absolute atomic E-state index is 0.229. The van der Waals surface area contributed by atoms with Crippen molar-refractivity contribution in [3.05, 3.63) is 60.3 Å². The third kappa shape index (κ3) is 2.94. The van der Waals surface area contributed by atoms with Crippen molar-refractivity contribution in [2.24, 2.45) is 7.05 Å². The van der Waals surface area contributed by atoms with E-state index in [1.54, 1.807) is 18.3 Å². The summed E-state index contributed by atoms with van der Waals surface area (Å²) in [5.74, 6) is 0.535. The quantitative estimate of drug-likeness (QED) is 0.529. The molecule has 0 radical (unpaired) electrons. The Labute approximate surface area is 161 Å². The summed E-state index contributed by atoms with van der Waals surface area (Å²) in [7, 11) is 1.92. The molecule has 142 valence electrons. The van der Waals surface area contributed by atoms with Crippen molar-refractivity contribution in [3.8, 4) is 22.4 Å². The van der Waals surface area contributed by atoms with Crippen LogP contribution in [0.25, 0.3) is 28.0 Å². The summed E-state index contributed by atoms with van der Waals surface area (Å²) in [6.45, 7) is 4.23. The van der Waals surface area contributed by atoms with Crippen LogP contribution in [-0.4, -0.2) is 25.6 Å². The summed E-state index contributed by atoms with van der Waals surface area (Å²) in [5.41, 5.74) is 5.36. The zero-order chi connectivity index (χ0) is 19.8. The summed E-state index contributed by atoms with van der Waals surface area (Å²) < 4.78 is 17.1. The molecule has 0 unspecified atom stereocenters. The number of rotatable bonds is 5. The number of aromatic nitrogens is 4. The molecule has 0 spiro atoms. The standard InChI is InChI=1S/C21H20FN5O/c1-13(2)21-19(20(25-26(21)3)14-4-7-16(22)8-5-14)15-6-9-17-23-10-18(24-12-28)27(17)11-15/h4-13H,1-3H3,(H,24,28). The molecule has 4 rings (SSSR count). The molecule has 0 aliphatic carbocycles. The van der Waals surface area contributed by atoms with Crippen molar-refractivity contribution in [1.29, 1.82) is 0 Å². The number of hydrogen-bond acceptors (Lipinski definition) is 3. The fourth-order valence-electron chi connectivity index (χ4n) is 3.59. The third-order valence-electron chi connectivity index (χ3n) is 4.76. The SMILES string of the molecule is CC(C)c1c(-c2ccc3ncc(NC=O)n3c2)c(-c2ccc(F)cc2)nn1C. The first kappa shape index (κ1) is 17.9. The number of carbonyl (C=O) groups excluding carboxylic acids is 1. The van der Waals surface area contributed by atoms with E-state index in [1.165, 1.54) is 12.1 Å². The van der Waals surface area contributed by atoms with Crippen molar-refractivity contribution in [2.75, 3.05) is 5.32 Å². The molecule has 0 saturated heterocycles. The lowest BCUT2D eigenvalue weighted by Gasteiger charge is -2.12. The molecule has 0 bridgehead atoms. The summed E-state index contributed by atoms with van der Waals surface area (Å²) in [4.78, 5) is 15.2. The Balaban J connectivity index is 1.97. The maximum absolute atomic E-state index is 13.4. The fraction of sp³-hybridized carbons (Fsp3) is 0.190. The molecule has 7 heteroatoms. The highest BCUT2D eigenvalue weighted by Crippen LogP contribution is 2.38. The van der Waals surface area contributed by atoms with Gasteiger partial charge in [0.1, 0.15) is 23.0 Å². The molecule has 0 atom stereocenters. The molecule has 0 aliphatic heterocycles. The van der Waals surface area contributed by atoms with Crippen LogP contribution in [-0.2, 0) is 11.8 Å². The van der Waals surface area contributed by atoms with Crippen LogP contribution in [0.15, 0.2) is 48.8 Å². The van der Waals surface area contributed by atoms with E-state index in [0.29, 0.717) is 12.2 Å². The highest BCUT2D eigenvalue weighted by Gasteiger charge is 2.22. The number of anilines is 1. The lowest BCUT2D eigenvalue weighted by Crippen LogP contribution is -2.02. The first-order valence-electron chi connectivity index (χ1n) is 9.00. The Morgan fingerprint density at radius 2 is 1.82 bits per heavy atom. The lowest BCUT2D eigenvalue weighted by atomic mass is 9.95. The molecule has 1 amide bonds. The van der Waals surface area contributed by atoms with Gasteiger partial charge in [-0.1, -0.05) is 13.8 Å². The van der Waals surface area contributed by atoms with E-state index in [0.717, 1.165) is 33.7 Å². The number of carbonyl (C=O) groups is 1. The molecule has 4 aromatic rings. The Morgan fingerprint density at radius 1 is 1.11 bits per heavy atom. The van der Waals surface area contributed by atoms with Gasteiger partial charge in [0, 0.05) is 35.6 Å². The first-order valence-corrected chi connectivity index (χ1v) is 9.00. The average Bonchev–Trinajstić information content (AvgIpc) is 3.23. The maximum atomic E-state index is 13.4. The Kier molecular flexibility index (Phi) is 4.43. The normalized spacial score (nSPS) is 11.3. The van der Waals surface area contributed by atoms with Crippen LogP contribution < -0.4 is 5.32 Å². The van der Waals surface area contributed by atoms with Gasteiger partial charge >= 0.3 is 0 Å². The van der Waals surface area contributed by atoms with Crippen LogP contribution in [0.2, 0.25) is 0 Å². The van der Waals surface area contributed by atoms with Gasteiger partial charge < -0.3 is 5.32 Å². The van der Waals surface area contributed by atoms with E-state index in [2.05, 4.69) is 24.1 Å². The van der Waals surface area contributed by atoms with E-state index in [1.807, 2.05) is 34.5 Å². The minimum atomic E-state index is -0.283. The molecular weight excluding hydrogens is 357 g/mol. The molecule has 6 nitrogen and oxygen atoms in total. The highest BCUT2D eigenvalue weighted by molar-refractivity contribution is 5.84. The molecule has 0 fully saturated rings. The van der Waals surface area contributed by atoms with Crippen molar-refractivity contribution in [2.45, 2.75) is 19.8 Å². The van der Waals surface area contributed by atoms with Crippen LogP contribution in [0.5, 0.6) is 0 Å². The maximum Gasteiger partial charge on any atom is 0.212 e. The van der Waals surface area contributed by atoms with Crippen molar-refractivity contribution >= 4 is 17.9 Å². The van der Waals surface area contributed by atoms with Gasteiger partial charge in [0.25, 0.3) is 0 Å². The number of imidazole rings is 1. The third-order valence-corrected chi connectivity index (χ3v) is 4.76. The molecule has 0 saturated carbocycles. The van der Waals surface area contributed by atoms with Gasteiger partial charge in [-0.2, -0.15) is 5.10 Å². The number of halogens is 1. The van der Waals surface area contributed by atoms with Crippen molar-refractivity contribution in [1.82, 2.24) is 19.2 Å². The number of hydrogen-bond donors (Lipinski definition) is 1. The second-order valence-electron chi connectivity index (χ2n) is 6.95. The predicted octanol–water partition coefficient (Wildman–Crippen LogP) is 4.23. The van der Waals surface area contributed by atoms with Gasteiger partial charge in [0.2, 0.25) is 6.41 Å². The number of benzene rings is 1. The molecule has 3 aromatic heterocycles. The van der Waals surface area contributed by atoms with E-state index in [-0.39, 0.29) is 11.7 Å². The van der Waals surface area contributed by atoms with Gasteiger partial charge in [-0.25, -0.2) is 9.37 Å². The van der Waals surface area contributed by atoms with E-state index >= 15 is 0 Å². The van der Waals surface area contributed by atoms with Crippen LogP contribution in [0.3, 0.4) is 0 Å². The zero-order valence-corrected chi connectivity index (χ0v) is 15.8. The van der Waals surface area contributed by atoms with Gasteiger partial charge in [-0.3, -0.25) is 13.9 Å². The van der Waals surface area contributed by atoms with Gasteiger partial charge in [0.05, 0.1) is 6.20 Å². The van der Waals surface area contributed by atoms with Crippen molar-refractivity contribution in [3.63, 3.8) is 0 Å². The van der Waals surface area contributed by atoms with Crippen LogP contribution in [0.1, 0.15) is 25.5 Å². The Morgan fingerprint density at radius 3 is 2.50 bits per heavy atom. The number of amides is 1. The van der Waals surface area contributed by atoms with Gasteiger partial charge in [-0.15, -0.1) is 0 Å². The number of fused-ring (bicyclic) bond motifs is 1. The van der Waals surface area contributed by atoms with Crippen LogP contribution >= 0.6 is 0 Å². The number of nitrogens with zero attached hydrogens (tertiary/aromatic N) is 4. The van der Waals surface area contributed by atoms with Gasteiger partial charge in [-0.05, 0) is 42.3 Å². The van der Waals surface area contributed by atoms with Crippen LogP contribution in [0, 0.1) is 5.82 Å².